The first-order chi connectivity index (χ1) is 13.6. The standard InChI is InChI=1S/C23H29N3O2/c1-18-4-3-5-20(16-18)25-12-14-26(15-13-25)22(27)24-17-23(10-11-23)19-6-8-21(28-2)9-7-19/h3-9,16H,10-15,17H2,1-2H3,(H,24,27). The molecule has 1 saturated carbocycles. The molecule has 2 aliphatic rings. The third-order valence-electron chi connectivity index (χ3n) is 6.07. The van der Waals surface area contributed by atoms with E-state index >= 15 is 0 Å². The van der Waals surface area contributed by atoms with E-state index in [4.69, 9.17) is 4.74 Å². The van der Waals surface area contributed by atoms with Crippen molar-refractivity contribution in [3.63, 3.8) is 0 Å². The molecule has 2 amide bonds. The average Bonchev–Trinajstić information content (AvgIpc) is 3.53. The van der Waals surface area contributed by atoms with Crippen LogP contribution in [0.25, 0.3) is 0 Å². The van der Waals surface area contributed by atoms with Gasteiger partial charge in [-0.05, 0) is 55.2 Å². The number of amides is 2. The van der Waals surface area contributed by atoms with Crippen molar-refractivity contribution in [2.75, 3.05) is 44.7 Å². The summed E-state index contributed by atoms with van der Waals surface area (Å²) in [5.74, 6) is 0.870. The highest BCUT2D eigenvalue weighted by Gasteiger charge is 2.44. The van der Waals surface area contributed by atoms with E-state index in [1.165, 1.54) is 16.8 Å². The number of aryl methyl sites for hydroxylation is 1. The number of piperazine rings is 1. The smallest absolute Gasteiger partial charge is 0.317 e. The molecule has 2 aromatic rings. The molecular formula is C23H29N3O2. The van der Waals surface area contributed by atoms with Gasteiger partial charge in [0.05, 0.1) is 7.11 Å². The summed E-state index contributed by atoms with van der Waals surface area (Å²) in [6.07, 6.45) is 2.25. The fourth-order valence-electron chi connectivity index (χ4n) is 4.01. The fourth-order valence-corrected chi connectivity index (χ4v) is 4.01. The summed E-state index contributed by atoms with van der Waals surface area (Å²) in [7, 11) is 1.68. The van der Waals surface area contributed by atoms with E-state index in [9.17, 15) is 4.79 Å². The predicted molar refractivity (Wildman–Crippen MR) is 112 cm³/mol. The lowest BCUT2D eigenvalue weighted by Gasteiger charge is -2.36. The summed E-state index contributed by atoms with van der Waals surface area (Å²) in [5, 5.41) is 3.18. The van der Waals surface area contributed by atoms with E-state index in [1.54, 1.807) is 7.11 Å². The number of nitrogens with zero attached hydrogens (tertiary/aromatic N) is 2. The van der Waals surface area contributed by atoms with Crippen LogP contribution < -0.4 is 15.0 Å². The van der Waals surface area contributed by atoms with E-state index in [-0.39, 0.29) is 11.4 Å². The highest BCUT2D eigenvalue weighted by Crippen LogP contribution is 2.47. The molecule has 1 heterocycles. The van der Waals surface area contributed by atoms with Gasteiger partial charge >= 0.3 is 6.03 Å². The number of anilines is 1. The van der Waals surface area contributed by atoms with Crippen LogP contribution in [-0.2, 0) is 5.41 Å². The summed E-state index contributed by atoms with van der Waals surface area (Å²) in [6, 6.07) is 16.9. The van der Waals surface area contributed by atoms with Crippen LogP contribution in [0.2, 0.25) is 0 Å². The van der Waals surface area contributed by atoms with Gasteiger partial charge in [-0.3, -0.25) is 0 Å². The van der Waals surface area contributed by atoms with Crippen molar-refractivity contribution in [2.45, 2.75) is 25.2 Å². The Morgan fingerprint density at radius 3 is 2.39 bits per heavy atom. The van der Waals surface area contributed by atoms with E-state index in [0.29, 0.717) is 6.54 Å². The van der Waals surface area contributed by atoms with Gasteiger partial charge in [0, 0.05) is 43.8 Å². The molecule has 28 heavy (non-hydrogen) atoms. The van der Waals surface area contributed by atoms with Gasteiger partial charge in [0.25, 0.3) is 0 Å². The highest BCUT2D eigenvalue weighted by molar-refractivity contribution is 5.75. The lowest BCUT2D eigenvalue weighted by Crippen LogP contribution is -2.52. The lowest BCUT2D eigenvalue weighted by molar-refractivity contribution is 0.193. The minimum atomic E-state index is 0.0590. The van der Waals surface area contributed by atoms with E-state index in [1.807, 2.05) is 17.0 Å². The summed E-state index contributed by atoms with van der Waals surface area (Å²) in [5.41, 5.74) is 3.91. The van der Waals surface area contributed by atoms with Crippen LogP contribution in [0.1, 0.15) is 24.0 Å². The van der Waals surface area contributed by atoms with Crippen LogP contribution in [0.5, 0.6) is 5.75 Å². The summed E-state index contributed by atoms with van der Waals surface area (Å²) in [4.78, 5) is 17.0. The number of hydrogen-bond donors (Lipinski definition) is 1. The number of methoxy groups -OCH3 is 1. The zero-order chi connectivity index (χ0) is 19.6. The molecule has 2 fully saturated rings. The molecule has 148 valence electrons. The molecule has 0 aromatic heterocycles. The Labute approximate surface area is 167 Å². The van der Waals surface area contributed by atoms with Crippen molar-refractivity contribution >= 4 is 11.7 Å². The van der Waals surface area contributed by atoms with Crippen LogP contribution in [-0.4, -0.2) is 50.8 Å². The molecule has 0 radical (unpaired) electrons. The first-order valence-corrected chi connectivity index (χ1v) is 10.1. The Morgan fingerprint density at radius 1 is 1.07 bits per heavy atom. The number of carbonyl (C=O) groups is 1. The number of urea groups is 1. The van der Waals surface area contributed by atoms with Crippen LogP contribution in [0.3, 0.4) is 0 Å². The van der Waals surface area contributed by atoms with Crippen molar-refractivity contribution in [1.82, 2.24) is 10.2 Å². The second kappa shape index (κ2) is 7.74. The van der Waals surface area contributed by atoms with Crippen molar-refractivity contribution < 1.29 is 9.53 Å². The maximum atomic E-state index is 12.7. The van der Waals surface area contributed by atoms with E-state index in [0.717, 1.165) is 44.8 Å². The number of carbonyl (C=O) groups excluding carboxylic acids is 1. The van der Waals surface area contributed by atoms with Crippen LogP contribution in [0.4, 0.5) is 10.5 Å². The molecule has 5 nitrogen and oxygen atoms in total. The number of hydrogen-bond acceptors (Lipinski definition) is 3. The molecule has 5 heteroatoms. The molecule has 2 aromatic carbocycles. The molecule has 0 atom stereocenters. The monoisotopic (exact) mass is 379 g/mol. The van der Waals surface area contributed by atoms with Crippen molar-refractivity contribution in [3.05, 3.63) is 59.7 Å². The molecule has 4 rings (SSSR count). The van der Waals surface area contributed by atoms with Crippen molar-refractivity contribution in [3.8, 4) is 5.75 Å². The van der Waals surface area contributed by atoms with Gasteiger partial charge < -0.3 is 19.9 Å². The lowest BCUT2D eigenvalue weighted by atomic mass is 9.96. The predicted octanol–water partition coefficient (Wildman–Crippen LogP) is 3.57. The summed E-state index contributed by atoms with van der Waals surface area (Å²) in [6.45, 7) is 6.09. The van der Waals surface area contributed by atoms with Crippen molar-refractivity contribution in [2.24, 2.45) is 0 Å². The second-order valence-corrected chi connectivity index (χ2v) is 7.98. The zero-order valence-corrected chi connectivity index (χ0v) is 16.8. The minimum Gasteiger partial charge on any atom is -0.497 e. The maximum Gasteiger partial charge on any atom is 0.317 e. The Morgan fingerprint density at radius 2 is 1.79 bits per heavy atom. The number of ether oxygens (including phenoxy) is 1. The van der Waals surface area contributed by atoms with Gasteiger partial charge in [0.1, 0.15) is 5.75 Å². The Hall–Kier alpha value is -2.69. The Bertz CT molecular complexity index is 822. The molecule has 1 N–H and O–H groups in total. The molecule has 1 aliphatic heterocycles. The third kappa shape index (κ3) is 3.93. The third-order valence-corrected chi connectivity index (χ3v) is 6.07. The van der Waals surface area contributed by atoms with E-state index < -0.39 is 0 Å². The van der Waals surface area contributed by atoms with Crippen LogP contribution >= 0.6 is 0 Å². The molecular weight excluding hydrogens is 350 g/mol. The van der Waals surface area contributed by atoms with Gasteiger partial charge in [-0.1, -0.05) is 24.3 Å². The van der Waals surface area contributed by atoms with Crippen LogP contribution in [0, 0.1) is 6.92 Å². The van der Waals surface area contributed by atoms with Gasteiger partial charge in [-0.2, -0.15) is 0 Å². The topological polar surface area (TPSA) is 44.8 Å². The van der Waals surface area contributed by atoms with Gasteiger partial charge in [-0.15, -0.1) is 0 Å². The number of benzene rings is 2. The van der Waals surface area contributed by atoms with Gasteiger partial charge in [0.15, 0.2) is 0 Å². The maximum absolute atomic E-state index is 12.7. The van der Waals surface area contributed by atoms with Crippen molar-refractivity contribution in [1.29, 1.82) is 0 Å². The number of nitrogens with one attached hydrogen (secondary N) is 1. The fraction of sp³-hybridized carbons (Fsp3) is 0.435. The average molecular weight is 380 g/mol. The SMILES string of the molecule is COc1ccc(C2(CNC(=O)N3CCN(c4cccc(C)c4)CC3)CC2)cc1. The molecule has 0 spiro atoms. The van der Waals surface area contributed by atoms with E-state index in [2.05, 4.69) is 53.5 Å². The largest absolute Gasteiger partial charge is 0.497 e. The van der Waals surface area contributed by atoms with Gasteiger partial charge in [-0.25, -0.2) is 4.79 Å². The van der Waals surface area contributed by atoms with Crippen LogP contribution in [0.15, 0.2) is 48.5 Å². The zero-order valence-electron chi connectivity index (χ0n) is 16.8. The highest BCUT2D eigenvalue weighted by atomic mass is 16.5. The van der Waals surface area contributed by atoms with Gasteiger partial charge in [0.2, 0.25) is 0 Å². The summed E-state index contributed by atoms with van der Waals surface area (Å²) < 4.78 is 5.25. The Balaban J connectivity index is 1.29. The number of rotatable bonds is 5. The Kier molecular flexibility index (Phi) is 5.16. The normalized spacial score (nSPS) is 17.9. The second-order valence-electron chi connectivity index (χ2n) is 7.98. The molecule has 1 saturated heterocycles. The minimum absolute atomic E-state index is 0.0590. The first kappa shape index (κ1) is 18.7. The molecule has 0 unspecified atom stereocenters. The quantitative estimate of drug-likeness (QED) is 0.864. The summed E-state index contributed by atoms with van der Waals surface area (Å²) >= 11 is 0. The molecule has 0 bridgehead atoms. The first-order valence-electron chi connectivity index (χ1n) is 10.1. The molecule has 1 aliphatic carbocycles.